The summed E-state index contributed by atoms with van der Waals surface area (Å²) in [6, 6.07) is 13.8. The predicted octanol–water partition coefficient (Wildman–Crippen LogP) is 3.06. The number of para-hydroxylation sites is 1. The van der Waals surface area contributed by atoms with Crippen LogP contribution in [-0.2, 0) is 4.74 Å². The fraction of sp³-hybridized carbons (Fsp3) is 0.222. The summed E-state index contributed by atoms with van der Waals surface area (Å²) in [5.74, 6) is -0.462. The van der Waals surface area contributed by atoms with E-state index in [1.54, 1.807) is 53.4 Å². The summed E-state index contributed by atoms with van der Waals surface area (Å²) in [7, 11) is 0. The summed E-state index contributed by atoms with van der Waals surface area (Å²) in [5.41, 5.74) is 1.30. The number of carbonyl (C=O) groups is 2. The lowest BCUT2D eigenvalue weighted by Crippen LogP contribution is -2.41. The van der Waals surface area contributed by atoms with Crippen molar-refractivity contribution in [2.75, 3.05) is 31.6 Å². The first-order chi connectivity index (χ1) is 11.7. The highest BCUT2D eigenvalue weighted by Gasteiger charge is 2.22. The summed E-state index contributed by atoms with van der Waals surface area (Å²) in [4.78, 5) is 26.9. The van der Waals surface area contributed by atoms with Crippen LogP contribution in [0.5, 0.6) is 0 Å². The number of benzene rings is 2. The third-order valence-electron chi connectivity index (χ3n) is 3.82. The molecule has 24 heavy (non-hydrogen) atoms. The van der Waals surface area contributed by atoms with Gasteiger partial charge < -0.3 is 15.0 Å². The van der Waals surface area contributed by atoms with E-state index in [4.69, 9.17) is 16.3 Å². The monoisotopic (exact) mass is 344 g/mol. The lowest BCUT2D eigenvalue weighted by Gasteiger charge is -2.27. The summed E-state index contributed by atoms with van der Waals surface area (Å²) in [6.07, 6.45) is 0. The lowest BCUT2D eigenvalue weighted by molar-refractivity contribution is 0.0303. The summed E-state index contributed by atoms with van der Waals surface area (Å²) in [6.45, 7) is 2.15. The fourth-order valence-electron chi connectivity index (χ4n) is 2.55. The number of amides is 2. The molecule has 6 heteroatoms. The van der Waals surface area contributed by atoms with Gasteiger partial charge in [-0.05, 0) is 24.3 Å². The Hall–Kier alpha value is -2.37. The fourth-order valence-corrected chi connectivity index (χ4v) is 2.77. The van der Waals surface area contributed by atoms with Crippen LogP contribution >= 0.6 is 11.6 Å². The first kappa shape index (κ1) is 16.5. The summed E-state index contributed by atoms with van der Waals surface area (Å²) >= 11 is 6.06. The summed E-state index contributed by atoms with van der Waals surface area (Å²) < 4.78 is 5.27. The van der Waals surface area contributed by atoms with Crippen LogP contribution in [0.3, 0.4) is 0 Å². The average molecular weight is 345 g/mol. The van der Waals surface area contributed by atoms with Crippen molar-refractivity contribution in [1.29, 1.82) is 0 Å². The van der Waals surface area contributed by atoms with Crippen molar-refractivity contribution in [3.8, 4) is 0 Å². The second-order valence-electron chi connectivity index (χ2n) is 5.38. The molecule has 0 atom stereocenters. The van der Waals surface area contributed by atoms with E-state index in [0.717, 1.165) is 0 Å². The summed E-state index contributed by atoms with van der Waals surface area (Å²) in [5, 5.41) is 3.15. The minimum Gasteiger partial charge on any atom is -0.378 e. The number of nitrogens with zero attached hydrogens (tertiary/aromatic N) is 1. The molecule has 1 N–H and O–H groups in total. The van der Waals surface area contributed by atoms with E-state index >= 15 is 0 Å². The van der Waals surface area contributed by atoms with Gasteiger partial charge >= 0.3 is 0 Å². The zero-order valence-corrected chi connectivity index (χ0v) is 13.8. The van der Waals surface area contributed by atoms with Gasteiger partial charge in [0.05, 0.1) is 35.1 Å². The van der Waals surface area contributed by atoms with Crippen LogP contribution < -0.4 is 5.32 Å². The van der Waals surface area contributed by atoms with Crippen molar-refractivity contribution in [1.82, 2.24) is 4.90 Å². The molecule has 2 aromatic rings. The Morgan fingerprint density at radius 2 is 1.58 bits per heavy atom. The van der Waals surface area contributed by atoms with Crippen molar-refractivity contribution in [3.63, 3.8) is 0 Å². The van der Waals surface area contributed by atoms with E-state index in [1.165, 1.54) is 0 Å². The quantitative estimate of drug-likeness (QED) is 0.931. The Morgan fingerprint density at radius 1 is 0.958 bits per heavy atom. The molecule has 3 rings (SSSR count). The van der Waals surface area contributed by atoms with Crippen LogP contribution in [-0.4, -0.2) is 43.0 Å². The molecular weight excluding hydrogens is 328 g/mol. The Kier molecular flexibility index (Phi) is 5.13. The number of ether oxygens (including phenoxy) is 1. The Bertz CT molecular complexity index is 757. The minimum atomic E-state index is -0.345. The van der Waals surface area contributed by atoms with Gasteiger partial charge in [0, 0.05) is 13.1 Å². The van der Waals surface area contributed by atoms with E-state index in [9.17, 15) is 9.59 Å². The second kappa shape index (κ2) is 7.47. The number of anilines is 1. The molecule has 0 spiro atoms. The smallest absolute Gasteiger partial charge is 0.257 e. The zero-order chi connectivity index (χ0) is 16.9. The molecule has 5 nitrogen and oxygen atoms in total. The molecule has 0 unspecified atom stereocenters. The Morgan fingerprint density at radius 3 is 2.29 bits per heavy atom. The van der Waals surface area contributed by atoms with Gasteiger partial charge in [-0.1, -0.05) is 35.9 Å². The third-order valence-corrected chi connectivity index (χ3v) is 4.15. The predicted molar refractivity (Wildman–Crippen MR) is 92.6 cm³/mol. The number of hydrogen-bond acceptors (Lipinski definition) is 3. The highest BCUT2D eigenvalue weighted by molar-refractivity contribution is 6.34. The van der Waals surface area contributed by atoms with Crippen molar-refractivity contribution < 1.29 is 14.3 Å². The van der Waals surface area contributed by atoms with Crippen molar-refractivity contribution in [2.45, 2.75) is 0 Å². The molecule has 2 aromatic carbocycles. The van der Waals surface area contributed by atoms with Crippen LogP contribution in [0.4, 0.5) is 5.69 Å². The van der Waals surface area contributed by atoms with E-state index in [2.05, 4.69) is 5.32 Å². The highest BCUT2D eigenvalue weighted by Crippen LogP contribution is 2.21. The number of nitrogens with one attached hydrogen (secondary N) is 1. The van der Waals surface area contributed by atoms with E-state index in [-0.39, 0.29) is 11.8 Å². The Labute approximate surface area is 145 Å². The third kappa shape index (κ3) is 3.58. The van der Waals surface area contributed by atoms with Crippen LogP contribution in [0, 0.1) is 0 Å². The largest absolute Gasteiger partial charge is 0.378 e. The molecule has 0 aromatic heterocycles. The van der Waals surface area contributed by atoms with E-state index < -0.39 is 0 Å². The number of halogens is 1. The first-order valence-electron chi connectivity index (χ1n) is 7.69. The Balaban J connectivity index is 1.83. The number of morpholine rings is 1. The van der Waals surface area contributed by atoms with Gasteiger partial charge in [0.1, 0.15) is 0 Å². The minimum absolute atomic E-state index is 0.117. The maximum Gasteiger partial charge on any atom is 0.257 e. The normalized spacial score (nSPS) is 14.3. The van der Waals surface area contributed by atoms with Gasteiger partial charge in [-0.3, -0.25) is 9.59 Å². The molecule has 0 saturated carbocycles. The average Bonchev–Trinajstić information content (AvgIpc) is 2.62. The molecule has 1 aliphatic heterocycles. The van der Waals surface area contributed by atoms with Crippen molar-refractivity contribution >= 4 is 29.1 Å². The second-order valence-corrected chi connectivity index (χ2v) is 5.79. The van der Waals surface area contributed by atoms with Gasteiger partial charge in [0.2, 0.25) is 0 Å². The topological polar surface area (TPSA) is 58.6 Å². The molecule has 0 radical (unpaired) electrons. The SMILES string of the molecule is O=C(Nc1ccccc1C(=O)N1CCOCC1)c1ccccc1Cl. The van der Waals surface area contributed by atoms with Gasteiger partial charge in [-0.2, -0.15) is 0 Å². The van der Waals surface area contributed by atoms with Gasteiger partial charge in [-0.25, -0.2) is 0 Å². The van der Waals surface area contributed by atoms with Crippen molar-refractivity contribution in [3.05, 3.63) is 64.7 Å². The standard InChI is InChI=1S/C18H17ClN2O3/c19-15-7-3-1-5-13(15)17(22)20-16-8-4-2-6-14(16)18(23)21-9-11-24-12-10-21/h1-8H,9-12H2,(H,20,22). The van der Waals surface area contributed by atoms with Crippen LogP contribution in [0.2, 0.25) is 5.02 Å². The number of hydrogen-bond donors (Lipinski definition) is 1. The van der Waals surface area contributed by atoms with Gasteiger partial charge in [-0.15, -0.1) is 0 Å². The number of rotatable bonds is 3. The zero-order valence-electron chi connectivity index (χ0n) is 13.0. The van der Waals surface area contributed by atoms with Crippen LogP contribution in [0.25, 0.3) is 0 Å². The van der Waals surface area contributed by atoms with E-state index in [0.29, 0.717) is 48.1 Å². The molecule has 1 heterocycles. The first-order valence-corrected chi connectivity index (χ1v) is 8.06. The lowest BCUT2D eigenvalue weighted by atomic mass is 10.1. The molecule has 1 fully saturated rings. The number of carbonyl (C=O) groups excluding carboxylic acids is 2. The molecule has 0 aliphatic carbocycles. The molecule has 0 bridgehead atoms. The van der Waals surface area contributed by atoms with Gasteiger partial charge in [0.15, 0.2) is 0 Å². The van der Waals surface area contributed by atoms with Crippen LogP contribution in [0.15, 0.2) is 48.5 Å². The van der Waals surface area contributed by atoms with Gasteiger partial charge in [0.25, 0.3) is 11.8 Å². The molecule has 2 amide bonds. The van der Waals surface area contributed by atoms with Crippen LogP contribution in [0.1, 0.15) is 20.7 Å². The maximum atomic E-state index is 12.7. The maximum absolute atomic E-state index is 12.7. The van der Waals surface area contributed by atoms with Crippen molar-refractivity contribution in [2.24, 2.45) is 0 Å². The van der Waals surface area contributed by atoms with E-state index in [1.807, 2.05) is 0 Å². The molecule has 124 valence electrons. The molecule has 1 saturated heterocycles. The molecular formula is C18H17ClN2O3. The highest BCUT2D eigenvalue weighted by atomic mass is 35.5. The molecule has 1 aliphatic rings.